The van der Waals surface area contributed by atoms with Crippen molar-refractivity contribution in [3.63, 3.8) is 0 Å². The number of hydrogen-bond donors (Lipinski definition) is 2. The van der Waals surface area contributed by atoms with E-state index in [1.807, 2.05) is 53.2 Å². The number of H-pyrrole nitrogens is 1. The standard InChI is InChI=1S/C33H40N8OS/c1-6-10-27(21(2)17-26-15-13-22(3)40(26)33(42)32-36-20-37-39-32)30(43-5)31(34)41-23(4)28(19-38-41)25-14-16-29(35-18-25)24-11-8-7-9-12-24/h7-12,14,16,18-22,26H,6,13,15,17,34H2,1-5H3,(H,36,37,39)/b27-10+,31-30+. The predicted octanol–water partition coefficient (Wildman–Crippen LogP) is 6.54. The van der Waals surface area contributed by atoms with Crippen LogP contribution in [0, 0.1) is 12.8 Å². The minimum absolute atomic E-state index is 0.0909. The van der Waals surface area contributed by atoms with Crippen molar-refractivity contribution in [1.82, 2.24) is 34.8 Å². The van der Waals surface area contributed by atoms with Gasteiger partial charge in [0.25, 0.3) is 5.91 Å². The van der Waals surface area contributed by atoms with Crippen molar-refractivity contribution >= 4 is 23.5 Å². The zero-order valence-corrected chi connectivity index (χ0v) is 26.3. The Morgan fingerprint density at radius 2 is 1.93 bits per heavy atom. The highest BCUT2D eigenvalue weighted by atomic mass is 32.2. The SMILES string of the molecule is CC/C=C(/C(SC)=C(/N)n1ncc(-c2ccc(-c3ccccc3)nc2)c1C)C(C)CC1CCC(C)N1C(=O)c1ncn[nH]1. The Balaban J connectivity index is 1.40. The molecule has 1 fully saturated rings. The highest BCUT2D eigenvalue weighted by Crippen LogP contribution is 2.38. The maximum atomic E-state index is 13.3. The molecule has 0 aliphatic carbocycles. The lowest BCUT2D eigenvalue weighted by Gasteiger charge is -2.31. The number of nitrogens with zero attached hydrogens (tertiary/aromatic N) is 6. The number of aromatic amines is 1. The number of aromatic nitrogens is 6. The van der Waals surface area contributed by atoms with Gasteiger partial charge in [-0.1, -0.05) is 56.3 Å². The second-order valence-electron chi connectivity index (χ2n) is 11.1. The molecule has 43 heavy (non-hydrogen) atoms. The zero-order chi connectivity index (χ0) is 30.5. The summed E-state index contributed by atoms with van der Waals surface area (Å²) in [6.07, 6.45) is 13.1. The molecule has 10 heteroatoms. The first-order chi connectivity index (χ1) is 20.8. The summed E-state index contributed by atoms with van der Waals surface area (Å²) in [7, 11) is 0. The van der Waals surface area contributed by atoms with Crippen molar-refractivity contribution in [2.24, 2.45) is 11.7 Å². The normalized spacial score (nSPS) is 18.5. The van der Waals surface area contributed by atoms with Crippen LogP contribution in [0.25, 0.3) is 28.2 Å². The number of allylic oxidation sites excluding steroid dienone is 2. The Morgan fingerprint density at radius 3 is 2.58 bits per heavy atom. The van der Waals surface area contributed by atoms with Crippen LogP contribution in [0.4, 0.5) is 0 Å². The molecule has 0 spiro atoms. The van der Waals surface area contributed by atoms with Crippen molar-refractivity contribution in [2.75, 3.05) is 6.26 Å². The van der Waals surface area contributed by atoms with E-state index in [1.54, 1.807) is 11.8 Å². The quantitative estimate of drug-likeness (QED) is 0.200. The van der Waals surface area contributed by atoms with Crippen molar-refractivity contribution in [2.45, 2.75) is 65.5 Å². The van der Waals surface area contributed by atoms with Gasteiger partial charge in [0, 0.05) is 35.0 Å². The van der Waals surface area contributed by atoms with Crippen molar-refractivity contribution in [3.8, 4) is 22.4 Å². The molecular weight excluding hydrogens is 556 g/mol. The third-order valence-electron chi connectivity index (χ3n) is 8.30. The van der Waals surface area contributed by atoms with E-state index >= 15 is 0 Å². The summed E-state index contributed by atoms with van der Waals surface area (Å²) in [5, 5.41) is 11.3. The van der Waals surface area contributed by atoms with Crippen LogP contribution in [-0.2, 0) is 0 Å². The minimum atomic E-state index is -0.0909. The summed E-state index contributed by atoms with van der Waals surface area (Å²) in [6, 6.07) is 14.5. The Kier molecular flexibility index (Phi) is 9.45. The van der Waals surface area contributed by atoms with Crippen LogP contribution in [0.2, 0.25) is 0 Å². The number of benzene rings is 1. The van der Waals surface area contributed by atoms with E-state index in [0.29, 0.717) is 11.6 Å². The Bertz CT molecular complexity index is 1590. The highest BCUT2D eigenvalue weighted by molar-refractivity contribution is 8.02. The third-order valence-corrected chi connectivity index (χ3v) is 9.15. The first kappa shape index (κ1) is 30.3. The number of hydrogen-bond acceptors (Lipinski definition) is 7. The van der Waals surface area contributed by atoms with E-state index in [-0.39, 0.29) is 23.9 Å². The number of rotatable bonds is 10. The van der Waals surface area contributed by atoms with Gasteiger partial charge in [0.2, 0.25) is 5.82 Å². The van der Waals surface area contributed by atoms with Gasteiger partial charge in [0.15, 0.2) is 0 Å². The number of pyridine rings is 1. The summed E-state index contributed by atoms with van der Waals surface area (Å²) in [5.41, 5.74) is 13.0. The van der Waals surface area contributed by atoms with E-state index in [0.717, 1.165) is 58.7 Å². The maximum Gasteiger partial charge on any atom is 0.291 e. The van der Waals surface area contributed by atoms with Crippen molar-refractivity contribution in [3.05, 3.63) is 89.3 Å². The number of likely N-dealkylation sites (tertiary alicyclic amines) is 1. The Labute approximate surface area is 257 Å². The van der Waals surface area contributed by atoms with Gasteiger partial charge in [-0.3, -0.25) is 14.9 Å². The molecule has 3 atom stereocenters. The van der Waals surface area contributed by atoms with E-state index in [4.69, 9.17) is 15.8 Å². The van der Waals surface area contributed by atoms with E-state index in [1.165, 1.54) is 11.9 Å². The van der Waals surface area contributed by atoms with Crippen LogP contribution in [0.3, 0.4) is 0 Å². The molecule has 4 aromatic rings. The fourth-order valence-corrected chi connectivity index (χ4v) is 6.92. The van der Waals surface area contributed by atoms with Crippen molar-refractivity contribution in [1.29, 1.82) is 0 Å². The van der Waals surface area contributed by atoms with Crippen molar-refractivity contribution < 1.29 is 4.79 Å². The average Bonchev–Trinajstić information content (AvgIpc) is 3.78. The smallest absolute Gasteiger partial charge is 0.291 e. The number of amides is 1. The van der Waals surface area contributed by atoms with Gasteiger partial charge in [0.05, 0.1) is 22.5 Å². The average molecular weight is 597 g/mol. The molecule has 1 aromatic carbocycles. The van der Waals surface area contributed by atoms with E-state index in [2.05, 4.69) is 66.5 Å². The summed E-state index contributed by atoms with van der Waals surface area (Å²) in [6.45, 7) is 8.52. The van der Waals surface area contributed by atoms with Gasteiger partial charge in [-0.25, -0.2) is 9.67 Å². The molecule has 3 aromatic heterocycles. The summed E-state index contributed by atoms with van der Waals surface area (Å²) < 4.78 is 1.83. The van der Waals surface area contributed by atoms with Crippen LogP contribution in [-0.4, -0.2) is 59.1 Å². The number of nitrogens with two attached hydrogens (primary N) is 1. The Hall–Kier alpha value is -4.18. The second kappa shape index (κ2) is 13.4. The third kappa shape index (κ3) is 6.29. The summed E-state index contributed by atoms with van der Waals surface area (Å²) in [5.74, 6) is 0.976. The first-order valence-corrected chi connectivity index (χ1v) is 16.0. The van der Waals surface area contributed by atoms with Gasteiger partial charge in [-0.05, 0) is 63.3 Å². The molecule has 1 aliphatic heterocycles. The molecule has 224 valence electrons. The van der Waals surface area contributed by atoms with E-state index < -0.39 is 0 Å². The molecule has 4 heterocycles. The fraction of sp³-hybridized carbons (Fsp3) is 0.364. The molecule has 3 N–H and O–H groups in total. The molecule has 9 nitrogen and oxygen atoms in total. The van der Waals surface area contributed by atoms with Crippen LogP contribution in [0.15, 0.2) is 77.7 Å². The molecule has 0 saturated carbocycles. The number of nitrogens with one attached hydrogen (secondary N) is 1. The molecule has 0 bridgehead atoms. The monoisotopic (exact) mass is 596 g/mol. The Morgan fingerprint density at radius 1 is 1.14 bits per heavy atom. The van der Waals surface area contributed by atoms with Gasteiger partial charge in [-0.2, -0.15) is 10.2 Å². The minimum Gasteiger partial charge on any atom is -0.383 e. The molecule has 1 aliphatic rings. The molecule has 3 unspecified atom stereocenters. The summed E-state index contributed by atoms with van der Waals surface area (Å²) in [4.78, 5) is 25.1. The largest absolute Gasteiger partial charge is 0.383 e. The number of carbonyl (C=O) groups excluding carboxylic acids is 1. The number of carbonyl (C=O) groups is 1. The van der Waals surface area contributed by atoms with Gasteiger partial charge < -0.3 is 10.6 Å². The summed E-state index contributed by atoms with van der Waals surface area (Å²) >= 11 is 1.64. The highest BCUT2D eigenvalue weighted by Gasteiger charge is 2.37. The topological polar surface area (TPSA) is 119 Å². The molecule has 1 saturated heterocycles. The lowest BCUT2D eigenvalue weighted by atomic mass is 9.91. The first-order valence-electron chi connectivity index (χ1n) is 14.8. The fourth-order valence-electron chi connectivity index (χ4n) is 6.11. The molecule has 0 radical (unpaired) electrons. The number of thioether (sulfide) groups is 1. The van der Waals surface area contributed by atoms with Gasteiger partial charge in [0.1, 0.15) is 12.1 Å². The lowest BCUT2D eigenvalue weighted by Crippen LogP contribution is -2.41. The maximum absolute atomic E-state index is 13.3. The van der Waals surface area contributed by atoms with Crippen LogP contribution in [0.1, 0.15) is 62.8 Å². The predicted molar refractivity (Wildman–Crippen MR) is 174 cm³/mol. The molecule has 5 rings (SSSR count). The van der Waals surface area contributed by atoms with E-state index in [9.17, 15) is 4.79 Å². The second-order valence-corrected chi connectivity index (χ2v) is 11.9. The lowest BCUT2D eigenvalue weighted by molar-refractivity contribution is 0.0652. The van der Waals surface area contributed by atoms with Crippen LogP contribution >= 0.6 is 11.8 Å². The zero-order valence-electron chi connectivity index (χ0n) is 25.5. The molecule has 1 amide bonds. The van der Waals surface area contributed by atoms with Gasteiger partial charge >= 0.3 is 0 Å². The van der Waals surface area contributed by atoms with Crippen LogP contribution < -0.4 is 5.73 Å². The van der Waals surface area contributed by atoms with Crippen LogP contribution in [0.5, 0.6) is 0 Å². The molecular formula is C33H40N8OS. The van der Waals surface area contributed by atoms with Gasteiger partial charge in [-0.15, -0.1) is 11.8 Å².